The Morgan fingerprint density at radius 2 is 2.39 bits per heavy atom. The van der Waals surface area contributed by atoms with Crippen molar-refractivity contribution in [2.45, 2.75) is 32.2 Å². The summed E-state index contributed by atoms with van der Waals surface area (Å²) in [7, 11) is 0. The van der Waals surface area contributed by atoms with E-state index < -0.39 is 0 Å². The number of carbonyl (C=O) groups excluding carboxylic acids is 2. The Bertz CT molecular complexity index is 418. The zero-order valence-electron chi connectivity index (χ0n) is 10.3. The molecule has 1 atom stereocenters. The average molecular weight is 252 g/mol. The van der Waals surface area contributed by atoms with Crippen molar-refractivity contribution in [3.63, 3.8) is 0 Å². The molecule has 1 aromatic rings. The predicted octanol–water partition coefficient (Wildman–Crippen LogP) is -0.261. The van der Waals surface area contributed by atoms with Crippen LogP contribution in [0.15, 0.2) is 10.9 Å². The fourth-order valence-corrected chi connectivity index (χ4v) is 1.98. The van der Waals surface area contributed by atoms with Crippen LogP contribution in [0.4, 0.5) is 0 Å². The van der Waals surface area contributed by atoms with Gasteiger partial charge in [0.2, 0.25) is 18.2 Å². The quantitative estimate of drug-likeness (QED) is 0.780. The highest BCUT2D eigenvalue weighted by atomic mass is 16.5. The van der Waals surface area contributed by atoms with Gasteiger partial charge in [0.25, 0.3) is 0 Å². The van der Waals surface area contributed by atoms with Crippen LogP contribution in [-0.2, 0) is 16.0 Å². The minimum Gasteiger partial charge on any atom is -0.343 e. The van der Waals surface area contributed by atoms with Crippen LogP contribution in [0.25, 0.3) is 0 Å². The Labute approximate surface area is 105 Å². The Kier molecular flexibility index (Phi) is 3.91. The third-order valence-corrected chi connectivity index (χ3v) is 2.87. The molecule has 1 N–H and O–H groups in total. The highest BCUT2D eigenvalue weighted by Gasteiger charge is 2.31. The molecule has 0 aliphatic carbocycles. The third-order valence-electron chi connectivity index (χ3n) is 2.87. The van der Waals surface area contributed by atoms with E-state index in [0.717, 1.165) is 6.42 Å². The van der Waals surface area contributed by atoms with Gasteiger partial charge in [0.15, 0.2) is 5.82 Å². The first-order chi connectivity index (χ1) is 8.70. The first-order valence-corrected chi connectivity index (χ1v) is 6.04. The maximum Gasteiger partial charge on any atom is 0.245 e. The third kappa shape index (κ3) is 2.85. The number of nitrogens with one attached hydrogen (secondary N) is 1. The molecule has 1 aliphatic heterocycles. The van der Waals surface area contributed by atoms with Gasteiger partial charge in [0.05, 0.1) is 6.54 Å². The van der Waals surface area contributed by atoms with E-state index in [-0.39, 0.29) is 24.4 Å². The molecule has 1 aliphatic rings. The predicted molar refractivity (Wildman–Crippen MR) is 61.4 cm³/mol. The van der Waals surface area contributed by atoms with Gasteiger partial charge in [-0.3, -0.25) is 9.59 Å². The molecule has 0 radical (unpaired) electrons. The second-order valence-electron chi connectivity index (χ2n) is 4.27. The van der Waals surface area contributed by atoms with E-state index in [1.807, 2.05) is 6.92 Å². The number of carbonyl (C=O) groups is 2. The first kappa shape index (κ1) is 12.5. The van der Waals surface area contributed by atoms with E-state index in [0.29, 0.717) is 25.2 Å². The molecule has 0 saturated carbocycles. The number of rotatable bonds is 5. The first-order valence-electron chi connectivity index (χ1n) is 6.04. The van der Waals surface area contributed by atoms with Crippen LogP contribution in [0.1, 0.15) is 25.6 Å². The van der Waals surface area contributed by atoms with Gasteiger partial charge in [0.1, 0.15) is 6.04 Å². The number of hydrogen-bond donors (Lipinski definition) is 1. The van der Waals surface area contributed by atoms with Crippen LogP contribution in [0, 0.1) is 0 Å². The molecular formula is C11H16N4O3. The summed E-state index contributed by atoms with van der Waals surface area (Å²) in [5.74, 6) is 0.405. The van der Waals surface area contributed by atoms with E-state index in [1.165, 1.54) is 6.39 Å². The van der Waals surface area contributed by atoms with E-state index in [4.69, 9.17) is 0 Å². The summed E-state index contributed by atoms with van der Waals surface area (Å²) in [5, 5.41) is 6.39. The molecule has 2 amide bonds. The highest BCUT2D eigenvalue weighted by molar-refractivity contribution is 5.94. The highest BCUT2D eigenvalue weighted by Crippen LogP contribution is 2.08. The molecule has 98 valence electrons. The van der Waals surface area contributed by atoms with Crippen LogP contribution < -0.4 is 5.32 Å². The number of nitrogens with zero attached hydrogens (tertiary/aromatic N) is 3. The molecule has 0 bridgehead atoms. The van der Waals surface area contributed by atoms with Crippen molar-refractivity contribution in [2.75, 3.05) is 13.1 Å². The van der Waals surface area contributed by atoms with Crippen molar-refractivity contribution in [1.29, 1.82) is 0 Å². The summed E-state index contributed by atoms with van der Waals surface area (Å²) in [5.41, 5.74) is 0. The SMILES string of the molecule is CCCC1NC(=O)CN(CCc2ncon2)C1=O. The van der Waals surface area contributed by atoms with Crippen molar-refractivity contribution in [3.8, 4) is 0 Å². The maximum absolute atomic E-state index is 12.1. The molecule has 7 nitrogen and oxygen atoms in total. The summed E-state index contributed by atoms with van der Waals surface area (Å²) >= 11 is 0. The van der Waals surface area contributed by atoms with Gasteiger partial charge in [-0.25, -0.2) is 0 Å². The lowest BCUT2D eigenvalue weighted by atomic mass is 10.1. The molecule has 2 rings (SSSR count). The van der Waals surface area contributed by atoms with E-state index in [9.17, 15) is 9.59 Å². The fourth-order valence-electron chi connectivity index (χ4n) is 1.98. The zero-order chi connectivity index (χ0) is 13.0. The Morgan fingerprint density at radius 3 is 3.06 bits per heavy atom. The van der Waals surface area contributed by atoms with E-state index in [2.05, 4.69) is 20.0 Å². The number of hydrogen-bond acceptors (Lipinski definition) is 5. The second-order valence-corrected chi connectivity index (χ2v) is 4.27. The summed E-state index contributed by atoms with van der Waals surface area (Å²) < 4.78 is 4.62. The minimum absolute atomic E-state index is 0.0278. The molecule has 0 spiro atoms. The topological polar surface area (TPSA) is 88.3 Å². The van der Waals surface area contributed by atoms with Gasteiger partial charge in [-0.15, -0.1) is 0 Å². The average Bonchev–Trinajstić information content (AvgIpc) is 2.85. The maximum atomic E-state index is 12.1. The molecule has 1 saturated heterocycles. The lowest BCUT2D eigenvalue weighted by molar-refractivity contribution is -0.144. The molecular weight excluding hydrogens is 236 g/mol. The van der Waals surface area contributed by atoms with Gasteiger partial charge >= 0.3 is 0 Å². The van der Waals surface area contributed by atoms with Crippen LogP contribution in [0.2, 0.25) is 0 Å². The minimum atomic E-state index is -0.387. The largest absolute Gasteiger partial charge is 0.343 e. The van der Waals surface area contributed by atoms with Crippen LogP contribution in [0.5, 0.6) is 0 Å². The Balaban J connectivity index is 1.93. The van der Waals surface area contributed by atoms with Gasteiger partial charge in [-0.1, -0.05) is 18.5 Å². The van der Waals surface area contributed by atoms with Gasteiger partial charge in [-0.2, -0.15) is 4.98 Å². The van der Waals surface area contributed by atoms with Crippen molar-refractivity contribution >= 4 is 11.8 Å². The van der Waals surface area contributed by atoms with Gasteiger partial charge < -0.3 is 14.7 Å². The normalized spacial score (nSPS) is 20.1. The molecule has 0 aromatic carbocycles. The van der Waals surface area contributed by atoms with E-state index in [1.54, 1.807) is 4.90 Å². The van der Waals surface area contributed by atoms with E-state index >= 15 is 0 Å². The van der Waals surface area contributed by atoms with Gasteiger partial charge in [0, 0.05) is 13.0 Å². The van der Waals surface area contributed by atoms with Crippen LogP contribution in [-0.4, -0.2) is 46.0 Å². The van der Waals surface area contributed by atoms with Crippen molar-refractivity contribution in [2.24, 2.45) is 0 Å². The Morgan fingerprint density at radius 1 is 1.56 bits per heavy atom. The Hall–Kier alpha value is -1.92. The second kappa shape index (κ2) is 5.61. The summed E-state index contributed by atoms with van der Waals surface area (Å²) in [6, 6.07) is -0.387. The monoisotopic (exact) mass is 252 g/mol. The number of aromatic nitrogens is 2. The molecule has 2 heterocycles. The fraction of sp³-hybridized carbons (Fsp3) is 0.636. The van der Waals surface area contributed by atoms with Crippen molar-refractivity contribution < 1.29 is 14.1 Å². The van der Waals surface area contributed by atoms with Crippen LogP contribution in [0.3, 0.4) is 0 Å². The summed E-state index contributed by atoms with van der Waals surface area (Å²) in [6.45, 7) is 2.53. The lowest BCUT2D eigenvalue weighted by Gasteiger charge is -2.32. The molecule has 1 unspecified atom stereocenters. The number of piperazine rings is 1. The molecule has 1 aromatic heterocycles. The molecule has 7 heteroatoms. The molecule has 18 heavy (non-hydrogen) atoms. The van der Waals surface area contributed by atoms with Crippen molar-refractivity contribution in [1.82, 2.24) is 20.4 Å². The molecule has 1 fully saturated rings. The summed E-state index contributed by atoms with van der Waals surface area (Å²) in [4.78, 5) is 29.0. The smallest absolute Gasteiger partial charge is 0.245 e. The van der Waals surface area contributed by atoms with Crippen molar-refractivity contribution in [3.05, 3.63) is 12.2 Å². The standard InChI is InChI=1S/C11H16N4O3/c1-2-3-8-11(17)15(6-10(16)13-8)5-4-9-12-7-18-14-9/h7-8H,2-6H2,1H3,(H,13,16). The number of amides is 2. The lowest BCUT2D eigenvalue weighted by Crippen LogP contribution is -2.58. The van der Waals surface area contributed by atoms with Crippen LogP contribution >= 0.6 is 0 Å². The van der Waals surface area contributed by atoms with Gasteiger partial charge in [-0.05, 0) is 6.42 Å². The zero-order valence-corrected chi connectivity index (χ0v) is 10.3. The summed E-state index contributed by atoms with van der Waals surface area (Å²) in [6.07, 6.45) is 3.27.